The second-order valence-electron chi connectivity index (χ2n) is 5.96. The van der Waals surface area contributed by atoms with Crippen LogP contribution in [0, 0.1) is 0 Å². The van der Waals surface area contributed by atoms with Gasteiger partial charge in [-0.15, -0.1) is 0 Å². The number of carbonyl (C=O) groups is 1. The minimum atomic E-state index is -0.307. The number of nitrogens with zero attached hydrogens (tertiary/aromatic N) is 5. The van der Waals surface area contributed by atoms with E-state index >= 15 is 0 Å². The molecule has 1 saturated heterocycles. The Morgan fingerprint density at radius 3 is 2.74 bits per heavy atom. The molecule has 1 amide bonds. The molecule has 0 atom stereocenters. The van der Waals surface area contributed by atoms with E-state index in [9.17, 15) is 4.79 Å². The van der Waals surface area contributed by atoms with Gasteiger partial charge in [0.1, 0.15) is 30.0 Å². The summed E-state index contributed by atoms with van der Waals surface area (Å²) >= 11 is 7.90. The summed E-state index contributed by atoms with van der Waals surface area (Å²) in [6, 6.07) is 8.90. The van der Waals surface area contributed by atoms with Gasteiger partial charge >= 0.3 is 0 Å². The molecule has 2 aromatic heterocycles. The molecule has 1 aromatic carbocycles. The zero-order valence-electron chi connectivity index (χ0n) is 14.4. The van der Waals surface area contributed by atoms with Gasteiger partial charge in [0.05, 0.1) is 0 Å². The predicted octanol–water partition coefficient (Wildman–Crippen LogP) is 3.12. The van der Waals surface area contributed by atoms with E-state index < -0.39 is 0 Å². The Bertz CT molecular complexity index is 956. The molecule has 0 aliphatic carbocycles. The molecular weight excluding hydrogens is 384 g/mol. The molecule has 7 nitrogen and oxygen atoms in total. The molecule has 1 aliphatic rings. The lowest BCUT2D eigenvalue weighted by Gasteiger charge is -2.27. The van der Waals surface area contributed by atoms with Crippen molar-refractivity contribution in [1.82, 2.24) is 19.5 Å². The van der Waals surface area contributed by atoms with Crippen LogP contribution in [0.3, 0.4) is 0 Å². The third kappa shape index (κ3) is 4.23. The smallest absolute Gasteiger partial charge is 0.275 e. The fraction of sp³-hybridized carbons (Fsp3) is 0.222. The van der Waals surface area contributed by atoms with Gasteiger partial charge in [-0.25, -0.2) is 15.0 Å². The average Bonchev–Trinajstić information content (AvgIpc) is 3.19. The van der Waals surface area contributed by atoms with Crippen molar-refractivity contribution in [2.75, 3.05) is 34.8 Å². The Morgan fingerprint density at radius 1 is 1.11 bits per heavy atom. The van der Waals surface area contributed by atoms with Crippen molar-refractivity contribution < 1.29 is 4.79 Å². The maximum atomic E-state index is 12.4. The average molecular weight is 401 g/mol. The number of aromatic nitrogens is 4. The van der Waals surface area contributed by atoms with Crippen molar-refractivity contribution in [2.45, 2.75) is 0 Å². The number of halogens is 1. The van der Waals surface area contributed by atoms with Crippen molar-refractivity contribution in [1.29, 1.82) is 0 Å². The minimum absolute atomic E-state index is 0.296. The lowest BCUT2D eigenvalue weighted by molar-refractivity contribution is 0.102. The Morgan fingerprint density at radius 2 is 1.93 bits per heavy atom. The molecule has 1 aliphatic heterocycles. The van der Waals surface area contributed by atoms with E-state index in [0.717, 1.165) is 30.4 Å². The minimum Gasteiger partial charge on any atom is -0.355 e. The van der Waals surface area contributed by atoms with Crippen LogP contribution in [0.1, 0.15) is 10.5 Å². The lowest BCUT2D eigenvalue weighted by Crippen LogP contribution is -2.33. The highest BCUT2D eigenvalue weighted by Gasteiger charge is 2.15. The molecule has 0 bridgehead atoms. The first-order valence-electron chi connectivity index (χ1n) is 8.45. The van der Waals surface area contributed by atoms with Gasteiger partial charge in [0.2, 0.25) is 0 Å². The molecule has 1 N–H and O–H groups in total. The largest absolute Gasteiger partial charge is 0.355 e. The third-order valence-corrected chi connectivity index (χ3v) is 5.31. The van der Waals surface area contributed by atoms with Gasteiger partial charge in [0, 0.05) is 47.6 Å². The summed E-state index contributed by atoms with van der Waals surface area (Å²) in [5.41, 5.74) is 0.916. The molecule has 0 spiro atoms. The Labute approximate surface area is 165 Å². The molecule has 0 unspecified atom stereocenters. The summed E-state index contributed by atoms with van der Waals surface area (Å²) in [6.07, 6.45) is 4.77. The number of hydrogen-bond donors (Lipinski definition) is 1. The summed E-state index contributed by atoms with van der Waals surface area (Å²) in [5.74, 6) is 3.45. The maximum Gasteiger partial charge on any atom is 0.275 e. The zero-order chi connectivity index (χ0) is 18.6. The van der Waals surface area contributed by atoms with Crippen LogP contribution in [0.15, 0.2) is 49.2 Å². The van der Waals surface area contributed by atoms with Crippen molar-refractivity contribution in [3.63, 3.8) is 0 Å². The predicted molar refractivity (Wildman–Crippen MR) is 108 cm³/mol. The topological polar surface area (TPSA) is 75.9 Å². The van der Waals surface area contributed by atoms with Gasteiger partial charge in [-0.05, 0) is 18.2 Å². The summed E-state index contributed by atoms with van der Waals surface area (Å²) in [4.78, 5) is 27.5. The van der Waals surface area contributed by atoms with E-state index in [1.54, 1.807) is 41.4 Å². The van der Waals surface area contributed by atoms with E-state index in [4.69, 9.17) is 11.6 Å². The second kappa shape index (κ2) is 7.98. The van der Waals surface area contributed by atoms with Gasteiger partial charge in [0.25, 0.3) is 5.91 Å². The van der Waals surface area contributed by atoms with Crippen LogP contribution in [0.2, 0.25) is 5.02 Å². The number of hydrogen-bond acceptors (Lipinski definition) is 6. The molecule has 138 valence electrons. The summed E-state index contributed by atoms with van der Waals surface area (Å²) < 4.78 is 1.72. The van der Waals surface area contributed by atoms with E-state index in [2.05, 4.69) is 25.2 Å². The fourth-order valence-electron chi connectivity index (χ4n) is 2.77. The van der Waals surface area contributed by atoms with Crippen LogP contribution in [0.4, 0.5) is 11.5 Å². The van der Waals surface area contributed by atoms with Crippen molar-refractivity contribution in [3.8, 4) is 5.82 Å². The van der Waals surface area contributed by atoms with Gasteiger partial charge in [-0.3, -0.25) is 9.36 Å². The van der Waals surface area contributed by atoms with Crippen LogP contribution < -0.4 is 10.2 Å². The van der Waals surface area contributed by atoms with Gasteiger partial charge in [-0.2, -0.15) is 11.8 Å². The van der Waals surface area contributed by atoms with Gasteiger partial charge < -0.3 is 10.2 Å². The number of amides is 1. The number of carbonyl (C=O) groups excluding carboxylic acids is 1. The van der Waals surface area contributed by atoms with Crippen LogP contribution in [0.25, 0.3) is 5.82 Å². The first-order valence-corrected chi connectivity index (χ1v) is 9.98. The lowest BCUT2D eigenvalue weighted by atomic mass is 10.3. The number of rotatable bonds is 4. The second-order valence-corrected chi connectivity index (χ2v) is 7.63. The van der Waals surface area contributed by atoms with E-state index in [1.165, 1.54) is 6.33 Å². The summed E-state index contributed by atoms with van der Waals surface area (Å²) in [6.45, 7) is 1.94. The summed E-state index contributed by atoms with van der Waals surface area (Å²) in [5, 5.41) is 3.34. The Kier molecular flexibility index (Phi) is 5.26. The first kappa shape index (κ1) is 17.8. The molecule has 3 aromatic rings. The Hall–Kier alpha value is -2.58. The molecule has 3 heterocycles. The van der Waals surface area contributed by atoms with Crippen molar-refractivity contribution >= 4 is 40.8 Å². The molecular formula is C18H17ClN6OS. The van der Waals surface area contributed by atoms with E-state index in [0.29, 0.717) is 22.2 Å². The van der Waals surface area contributed by atoms with Crippen molar-refractivity contribution in [2.24, 2.45) is 0 Å². The number of nitrogens with one attached hydrogen (secondary N) is 1. The molecule has 27 heavy (non-hydrogen) atoms. The SMILES string of the molecule is O=C(Nc1cccc(Cl)c1)c1cn(-c2cc(N3CCSCC3)ncn2)cn1. The monoisotopic (exact) mass is 400 g/mol. The highest BCUT2D eigenvalue weighted by atomic mass is 35.5. The van der Waals surface area contributed by atoms with Crippen LogP contribution in [-0.2, 0) is 0 Å². The molecule has 9 heteroatoms. The van der Waals surface area contributed by atoms with Crippen LogP contribution in [-0.4, -0.2) is 50.0 Å². The highest BCUT2D eigenvalue weighted by molar-refractivity contribution is 7.99. The molecule has 4 rings (SSSR count). The maximum absolute atomic E-state index is 12.4. The number of imidazole rings is 1. The van der Waals surface area contributed by atoms with Gasteiger partial charge in [-0.1, -0.05) is 17.7 Å². The van der Waals surface area contributed by atoms with Crippen LogP contribution >= 0.6 is 23.4 Å². The molecule has 0 radical (unpaired) electrons. The van der Waals surface area contributed by atoms with Crippen molar-refractivity contribution in [3.05, 3.63) is 59.9 Å². The van der Waals surface area contributed by atoms with E-state index in [1.807, 2.05) is 17.8 Å². The van der Waals surface area contributed by atoms with E-state index in [-0.39, 0.29) is 5.91 Å². The molecule has 1 fully saturated rings. The zero-order valence-corrected chi connectivity index (χ0v) is 16.0. The standard InChI is InChI=1S/C18H17ClN6OS/c19-13-2-1-3-14(8-13)23-18(26)15-10-25(12-22-15)17-9-16(20-11-21-17)24-4-6-27-7-5-24/h1-3,8-12H,4-7H2,(H,23,26). The summed E-state index contributed by atoms with van der Waals surface area (Å²) in [7, 11) is 0. The number of thioether (sulfide) groups is 1. The highest BCUT2D eigenvalue weighted by Crippen LogP contribution is 2.19. The normalized spacial score (nSPS) is 14.2. The first-order chi connectivity index (χ1) is 13.2. The third-order valence-electron chi connectivity index (χ3n) is 4.14. The van der Waals surface area contributed by atoms with Crippen LogP contribution in [0.5, 0.6) is 0 Å². The fourth-order valence-corrected chi connectivity index (χ4v) is 3.86. The number of benzene rings is 1. The quantitative estimate of drug-likeness (QED) is 0.725. The number of anilines is 2. The van der Waals surface area contributed by atoms with Gasteiger partial charge in [0.15, 0.2) is 0 Å². The Balaban J connectivity index is 1.51. The molecule has 0 saturated carbocycles.